The molecule has 0 fully saturated rings. The Morgan fingerprint density at radius 3 is 2.62 bits per heavy atom. The summed E-state index contributed by atoms with van der Waals surface area (Å²) >= 11 is 3.00. The van der Waals surface area contributed by atoms with E-state index in [4.69, 9.17) is 4.74 Å². The summed E-state index contributed by atoms with van der Waals surface area (Å²) in [7, 11) is 0. The fourth-order valence-electron chi connectivity index (χ4n) is 1.99. The lowest BCUT2D eigenvalue weighted by atomic mass is 10.2. The van der Waals surface area contributed by atoms with E-state index in [1.165, 1.54) is 12.3 Å². The molecule has 1 heterocycles. The fraction of sp³-hybridized carbons (Fsp3) is 0.176. The summed E-state index contributed by atoms with van der Waals surface area (Å²) in [6.45, 7) is 1.78. The zero-order valence-electron chi connectivity index (χ0n) is 13.8. The summed E-state index contributed by atoms with van der Waals surface area (Å²) in [4.78, 5) is 48.3. The van der Waals surface area contributed by atoms with Gasteiger partial charge in [-0.25, -0.2) is 9.59 Å². The van der Waals surface area contributed by atoms with E-state index in [1.54, 1.807) is 37.3 Å². The number of ether oxygens (including phenoxy) is 1. The maximum absolute atomic E-state index is 12.0. The third-order valence-electron chi connectivity index (χ3n) is 3.17. The Bertz CT molecular complexity index is 944. The molecule has 8 nitrogen and oxygen atoms in total. The molecule has 2 rings (SSSR count). The molecule has 1 aromatic heterocycles. The van der Waals surface area contributed by atoms with Crippen molar-refractivity contribution >= 4 is 39.6 Å². The first-order valence-electron chi connectivity index (χ1n) is 7.63. The second-order valence-electron chi connectivity index (χ2n) is 5.12. The first kappa shape index (κ1) is 19.4. The molecular weight excluding hydrogens is 406 g/mol. The van der Waals surface area contributed by atoms with Gasteiger partial charge in [-0.05, 0) is 46.6 Å². The van der Waals surface area contributed by atoms with Crippen LogP contribution < -0.4 is 16.6 Å². The lowest BCUT2D eigenvalue weighted by Crippen LogP contribution is -2.33. The van der Waals surface area contributed by atoms with E-state index in [-0.39, 0.29) is 11.0 Å². The van der Waals surface area contributed by atoms with E-state index < -0.39 is 23.1 Å². The van der Waals surface area contributed by atoms with Crippen LogP contribution in [0.1, 0.15) is 12.5 Å². The van der Waals surface area contributed by atoms with Gasteiger partial charge in [0.05, 0.1) is 11.1 Å². The molecule has 0 unspecified atom stereocenters. The number of H-pyrrole nitrogens is 1. The number of anilines is 1. The number of hydrogen-bond acceptors (Lipinski definition) is 5. The molecule has 2 N–H and O–H groups in total. The number of esters is 1. The Hall–Kier alpha value is -2.94. The average Bonchev–Trinajstić information content (AvgIpc) is 2.59. The molecule has 0 bridgehead atoms. The van der Waals surface area contributed by atoms with Crippen LogP contribution in [-0.4, -0.2) is 28.0 Å². The summed E-state index contributed by atoms with van der Waals surface area (Å²) in [6, 6.07) is 6.75. The molecule has 0 radical (unpaired) electrons. The summed E-state index contributed by atoms with van der Waals surface area (Å²) in [5.41, 5.74) is 0.0579. The molecule has 1 amide bonds. The number of carbonyl (C=O) groups excluding carboxylic acids is 2. The second kappa shape index (κ2) is 8.95. The fourth-order valence-corrected chi connectivity index (χ4v) is 2.33. The Morgan fingerprint density at radius 1 is 1.27 bits per heavy atom. The first-order valence-corrected chi connectivity index (χ1v) is 8.42. The Kier molecular flexibility index (Phi) is 6.67. The lowest BCUT2D eigenvalue weighted by molar-refractivity contribution is -0.137. The molecule has 0 saturated carbocycles. The van der Waals surface area contributed by atoms with E-state index in [0.717, 1.165) is 10.1 Å². The van der Waals surface area contributed by atoms with Crippen LogP contribution >= 0.6 is 15.9 Å². The van der Waals surface area contributed by atoms with E-state index >= 15 is 0 Å². The van der Waals surface area contributed by atoms with Crippen molar-refractivity contribution in [1.82, 2.24) is 9.55 Å². The third-order valence-corrected chi connectivity index (χ3v) is 3.74. The minimum absolute atomic E-state index is 0.155. The number of rotatable bonds is 6. The molecule has 0 aliphatic carbocycles. The number of aromatic nitrogens is 2. The summed E-state index contributed by atoms with van der Waals surface area (Å²) in [5, 5.41) is 2.64. The number of carbonyl (C=O) groups is 2. The molecule has 9 heteroatoms. The molecule has 2 aromatic rings. The van der Waals surface area contributed by atoms with Crippen LogP contribution in [0.25, 0.3) is 6.08 Å². The minimum Gasteiger partial charge on any atom is -0.463 e. The van der Waals surface area contributed by atoms with Crippen LogP contribution in [0.4, 0.5) is 5.69 Å². The summed E-state index contributed by atoms with van der Waals surface area (Å²) < 4.78 is 6.02. The summed E-state index contributed by atoms with van der Waals surface area (Å²) in [6.07, 6.45) is 4.17. The molecule has 26 heavy (non-hydrogen) atoms. The van der Waals surface area contributed by atoms with Crippen molar-refractivity contribution in [3.8, 4) is 0 Å². The number of nitrogens with zero attached hydrogens (tertiary/aromatic N) is 1. The zero-order valence-corrected chi connectivity index (χ0v) is 15.4. The molecule has 0 aliphatic rings. The number of nitrogens with one attached hydrogen (secondary N) is 2. The quantitative estimate of drug-likeness (QED) is 0.542. The first-order chi connectivity index (χ1) is 12.4. The van der Waals surface area contributed by atoms with Gasteiger partial charge in [-0.2, -0.15) is 0 Å². The zero-order chi connectivity index (χ0) is 19.1. The number of aromatic amines is 1. The Labute approximate surface area is 156 Å². The smallest absolute Gasteiger partial charge is 0.330 e. The average molecular weight is 422 g/mol. The molecule has 0 aliphatic heterocycles. The van der Waals surface area contributed by atoms with Crippen LogP contribution in [0.5, 0.6) is 0 Å². The SMILES string of the molecule is CCOC(=O)/C=C/c1ccc(NC(=O)Cn2cc(Br)c(=O)[nH]c2=O)cc1. The lowest BCUT2D eigenvalue weighted by Gasteiger charge is -2.07. The van der Waals surface area contributed by atoms with Crippen molar-refractivity contribution in [2.45, 2.75) is 13.5 Å². The number of benzene rings is 1. The van der Waals surface area contributed by atoms with E-state index in [9.17, 15) is 19.2 Å². The van der Waals surface area contributed by atoms with Gasteiger partial charge in [-0.1, -0.05) is 12.1 Å². The number of halogens is 1. The molecule has 0 saturated heterocycles. The highest BCUT2D eigenvalue weighted by Crippen LogP contribution is 2.11. The van der Waals surface area contributed by atoms with E-state index in [1.807, 2.05) is 0 Å². The maximum atomic E-state index is 12.0. The second-order valence-corrected chi connectivity index (χ2v) is 5.97. The van der Waals surface area contributed by atoms with Crippen LogP contribution in [0.15, 0.2) is 50.6 Å². The van der Waals surface area contributed by atoms with Crippen molar-refractivity contribution in [3.05, 3.63) is 67.4 Å². The predicted molar refractivity (Wildman–Crippen MR) is 99.8 cm³/mol. The maximum Gasteiger partial charge on any atom is 0.330 e. The topological polar surface area (TPSA) is 110 Å². The van der Waals surface area contributed by atoms with Gasteiger partial charge in [0.25, 0.3) is 5.56 Å². The highest BCUT2D eigenvalue weighted by atomic mass is 79.9. The minimum atomic E-state index is -0.673. The van der Waals surface area contributed by atoms with Gasteiger partial charge >= 0.3 is 11.7 Å². The van der Waals surface area contributed by atoms with Crippen molar-refractivity contribution in [3.63, 3.8) is 0 Å². The van der Waals surface area contributed by atoms with Gasteiger partial charge < -0.3 is 10.1 Å². The standard InChI is InChI=1S/C17H16BrN3O5/c1-2-26-15(23)8-5-11-3-6-12(7-4-11)19-14(22)10-21-9-13(18)16(24)20-17(21)25/h3-9H,2,10H2,1H3,(H,19,22)(H,20,24,25)/b8-5+. The van der Waals surface area contributed by atoms with Gasteiger partial charge in [0.1, 0.15) is 6.54 Å². The van der Waals surface area contributed by atoms with Crippen LogP contribution in [-0.2, 0) is 20.9 Å². The van der Waals surface area contributed by atoms with E-state index in [0.29, 0.717) is 12.3 Å². The molecule has 1 aromatic carbocycles. The monoisotopic (exact) mass is 421 g/mol. The van der Waals surface area contributed by atoms with E-state index in [2.05, 4.69) is 26.2 Å². The van der Waals surface area contributed by atoms with Gasteiger partial charge in [-0.3, -0.25) is 19.1 Å². The van der Waals surface area contributed by atoms with Gasteiger partial charge in [0.2, 0.25) is 5.91 Å². The Balaban J connectivity index is 1.99. The third kappa shape index (κ3) is 5.55. The van der Waals surface area contributed by atoms with Crippen LogP contribution in [0, 0.1) is 0 Å². The number of amides is 1. The number of hydrogen-bond donors (Lipinski definition) is 2. The highest BCUT2D eigenvalue weighted by Gasteiger charge is 2.07. The largest absolute Gasteiger partial charge is 0.463 e. The van der Waals surface area contributed by atoms with Crippen molar-refractivity contribution in [2.24, 2.45) is 0 Å². The molecule has 0 atom stereocenters. The van der Waals surface area contributed by atoms with Gasteiger partial charge in [-0.15, -0.1) is 0 Å². The molecule has 136 valence electrons. The van der Waals surface area contributed by atoms with Crippen LogP contribution in [0.2, 0.25) is 0 Å². The van der Waals surface area contributed by atoms with Crippen molar-refractivity contribution in [1.29, 1.82) is 0 Å². The highest BCUT2D eigenvalue weighted by molar-refractivity contribution is 9.10. The molecular formula is C17H16BrN3O5. The predicted octanol–water partition coefficient (Wildman–Crippen LogP) is 1.51. The Morgan fingerprint density at radius 2 is 1.96 bits per heavy atom. The summed E-state index contributed by atoms with van der Waals surface area (Å²) in [5.74, 6) is -0.858. The van der Waals surface area contributed by atoms with Crippen LogP contribution in [0.3, 0.4) is 0 Å². The van der Waals surface area contributed by atoms with Gasteiger partial charge in [0.15, 0.2) is 0 Å². The van der Waals surface area contributed by atoms with Crippen molar-refractivity contribution in [2.75, 3.05) is 11.9 Å². The normalized spacial score (nSPS) is 10.7. The van der Waals surface area contributed by atoms with Gasteiger partial charge in [0, 0.05) is 18.0 Å². The molecule has 0 spiro atoms. The van der Waals surface area contributed by atoms with Crippen molar-refractivity contribution < 1.29 is 14.3 Å².